The summed E-state index contributed by atoms with van der Waals surface area (Å²) < 4.78 is 18.6. The first kappa shape index (κ1) is 27.3. The number of aromatic amines is 1. The lowest BCUT2D eigenvalue weighted by molar-refractivity contribution is 0.0640. The van der Waals surface area contributed by atoms with Crippen LogP contribution in [0, 0.1) is 6.92 Å². The Kier molecular flexibility index (Phi) is 7.44. The first-order valence-electron chi connectivity index (χ1n) is 14.2. The molecule has 2 aliphatic rings. The second kappa shape index (κ2) is 11.2. The van der Waals surface area contributed by atoms with E-state index in [9.17, 15) is 14.7 Å². The molecular formula is C31H36N4O6. The maximum Gasteiger partial charge on any atom is 0.274 e. The van der Waals surface area contributed by atoms with Crippen molar-refractivity contribution in [3.8, 4) is 11.5 Å². The molecule has 216 valence electrons. The van der Waals surface area contributed by atoms with E-state index in [0.717, 1.165) is 40.9 Å². The monoisotopic (exact) mass is 560 g/mol. The van der Waals surface area contributed by atoms with E-state index < -0.39 is 0 Å². The third-order valence-corrected chi connectivity index (χ3v) is 8.57. The zero-order valence-corrected chi connectivity index (χ0v) is 23.7. The van der Waals surface area contributed by atoms with Crippen LogP contribution in [0.25, 0.3) is 16.6 Å². The van der Waals surface area contributed by atoms with Crippen molar-refractivity contribution in [1.29, 1.82) is 0 Å². The number of aliphatic hydroxyl groups excluding tert-OH is 1. The molecule has 1 unspecified atom stereocenters. The number of aliphatic hydroxyl groups is 1. The van der Waals surface area contributed by atoms with Crippen molar-refractivity contribution in [2.75, 3.05) is 40.6 Å². The number of hydrogen-bond acceptors (Lipinski definition) is 7. The molecule has 41 heavy (non-hydrogen) atoms. The summed E-state index contributed by atoms with van der Waals surface area (Å²) in [6, 6.07) is 7.48. The highest BCUT2D eigenvalue weighted by Crippen LogP contribution is 2.41. The molecule has 0 bridgehead atoms. The van der Waals surface area contributed by atoms with Crippen LogP contribution in [0.1, 0.15) is 70.5 Å². The summed E-state index contributed by atoms with van der Waals surface area (Å²) in [5, 5.41) is 9.65. The highest BCUT2D eigenvalue weighted by molar-refractivity contribution is 5.99. The Morgan fingerprint density at radius 2 is 1.88 bits per heavy atom. The van der Waals surface area contributed by atoms with Crippen LogP contribution >= 0.6 is 0 Å². The third-order valence-electron chi connectivity index (χ3n) is 8.57. The Balaban J connectivity index is 1.42. The van der Waals surface area contributed by atoms with Gasteiger partial charge in [0.2, 0.25) is 0 Å². The van der Waals surface area contributed by atoms with E-state index >= 15 is 0 Å². The van der Waals surface area contributed by atoms with Gasteiger partial charge in [-0.15, -0.1) is 0 Å². The summed E-state index contributed by atoms with van der Waals surface area (Å²) in [6.07, 6.45) is 5.18. The molecule has 2 aliphatic heterocycles. The number of aromatic nitrogens is 3. The van der Waals surface area contributed by atoms with E-state index in [0.29, 0.717) is 67.1 Å². The van der Waals surface area contributed by atoms with Gasteiger partial charge < -0.3 is 29.2 Å². The molecule has 2 N–H and O–H groups in total. The van der Waals surface area contributed by atoms with Gasteiger partial charge in [0.1, 0.15) is 11.3 Å². The molecule has 1 atom stereocenters. The number of ether oxygens (including phenoxy) is 3. The summed E-state index contributed by atoms with van der Waals surface area (Å²) in [7, 11) is 3.21. The van der Waals surface area contributed by atoms with E-state index in [1.54, 1.807) is 26.5 Å². The first-order chi connectivity index (χ1) is 19.9. The van der Waals surface area contributed by atoms with Gasteiger partial charge in [-0.1, -0.05) is 0 Å². The van der Waals surface area contributed by atoms with Crippen LogP contribution in [-0.4, -0.2) is 70.9 Å². The van der Waals surface area contributed by atoms with Crippen LogP contribution in [0.4, 0.5) is 0 Å². The second-order valence-corrected chi connectivity index (χ2v) is 10.9. The van der Waals surface area contributed by atoms with Gasteiger partial charge in [0.15, 0.2) is 11.5 Å². The van der Waals surface area contributed by atoms with Crippen molar-refractivity contribution in [3.63, 3.8) is 0 Å². The average Bonchev–Trinajstić information content (AvgIpc) is 3.45. The molecule has 1 saturated heterocycles. The van der Waals surface area contributed by atoms with E-state index in [1.807, 2.05) is 34.4 Å². The molecule has 10 heteroatoms. The number of nitrogens with zero attached hydrogens (tertiary/aromatic N) is 3. The van der Waals surface area contributed by atoms with E-state index in [4.69, 9.17) is 14.2 Å². The number of fused-ring (bicyclic) bond motifs is 4. The number of methoxy groups -OCH3 is 2. The van der Waals surface area contributed by atoms with Crippen LogP contribution in [0.2, 0.25) is 0 Å². The van der Waals surface area contributed by atoms with Crippen LogP contribution in [-0.2, 0) is 11.2 Å². The predicted octanol–water partition coefficient (Wildman–Crippen LogP) is 3.91. The van der Waals surface area contributed by atoms with Gasteiger partial charge in [-0.2, -0.15) is 0 Å². The quantitative estimate of drug-likeness (QED) is 0.352. The molecule has 2 aromatic carbocycles. The minimum absolute atomic E-state index is 0.0355. The molecule has 1 amide bonds. The van der Waals surface area contributed by atoms with Crippen molar-refractivity contribution >= 4 is 22.5 Å². The second-order valence-electron chi connectivity index (χ2n) is 10.9. The lowest BCUT2D eigenvalue weighted by atomic mass is 9.88. The highest BCUT2D eigenvalue weighted by atomic mass is 16.5. The number of benzene rings is 2. The Labute approximate surface area is 237 Å². The average molecular weight is 561 g/mol. The number of carbonyl (C=O) groups excluding carboxylic acids is 1. The summed E-state index contributed by atoms with van der Waals surface area (Å²) >= 11 is 0. The summed E-state index contributed by atoms with van der Waals surface area (Å²) in [4.78, 5) is 36.8. The van der Waals surface area contributed by atoms with Gasteiger partial charge in [0.05, 0.1) is 37.5 Å². The van der Waals surface area contributed by atoms with Crippen molar-refractivity contribution in [2.45, 2.75) is 51.0 Å². The molecule has 4 heterocycles. The summed E-state index contributed by atoms with van der Waals surface area (Å²) in [6.45, 7) is 3.84. The van der Waals surface area contributed by atoms with E-state index in [1.165, 1.54) is 0 Å². The summed E-state index contributed by atoms with van der Waals surface area (Å²) in [5.74, 6) is 2.23. The SMILES string of the molecule is COc1cc2c(cc1OC)C(CCCO)N(C(=O)c1cc3[nH]c(=O)c4cnc(C5CCOCC5)n4c3cc1C)CC2. The zero-order chi connectivity index (χ0) is 28.7. The summed E-state index contributed by atoms with van der Waals surface area (Å²) in [5.41, 5.74) is 5.16. The maximum absolute atomic E-state index is 14.2. The van der Waals surface area contributed by atoms with Gasteiger partial charge in [-0.3, -0.25) is 14.0 Å². The molecule has 4 aromatic rings. The molecule has 2 aromatic heterocycles. The number of carbonyl (C=O) groups is 1. The van der Waals surface area contributed by atoms with Crippen molar-refractivity contribution in [2.24, 2.45) is 0 Å². The molecule has 6 rings (SSSR count). The van der Waals surface area contributed by atoms with Crippen molar-refractivity contribution in [1.82, 2.24) is 19.3 Å². The largest absolute Gasteiger partial charge is 0.493 e. The van der Waals surface area contributed by atoms with E-state index in [-0.39, 0.29) is 30.0 Å². The Morgan fingerprint density at radius 3 is 2.61 bits per heavy atom. The normalized spacial score (nSPS) is 17.7. The van der Waals surface area contributed by atoms with Gasteiger partial charge in [-0.05, 0) is 80.0 Å². The number of hydrogen-bond donors (Lipinski definition) is 2. The van der Waals surface area contributed by atoms with E-state index in [2.05, 4.69) is 9.97 Å². The smallest absolute Gasteiger partial charge is 0.274 e. The number of amides is 1. The Morgan fingerprint density at radius 1 is 1.12 bits per heavy atom. The van der Waals surface area contributed by atoms with Gasteiger partial charge >= 0.3 is 0 Å². The number of imidazole rings is 1. The standard InChI is InChI=1S/C31H36N4O6/c1-18-13-25-23(33-30(37)26-17-32-29(35(25)26)19-7-11-41-12-8-19)15-21(18)31(38)34-9-6-20-14-27(39-2)28(40-3)16-22(20)24(34)5-4-10-36/h13-17,19,24,36H,4-12H2,1-3H3,(H,33,37). The Hall–Kier alpha value is -3.89. The van der Waals surface area contributed by atoms with Crippen LogP contribution in [0.15, 0.2) is 35.3 Å². The molecule has 0 saturated carbocycles. The van der Waals surface area contributed by atoms with Crippen molar-refractivity contribution in [3.05, 3.63) is 68.9 Å². The molecule has 10 nitrogen and oxygen atoms in total. The predicted molar refractivity (Wildman–Crippen MR) is 154 cm³/mol. The van der Waals surface area contributed by atoms with Crippen LogP contribution in [0.5, 0.6) is 11.5 Å². The number of H-pyrrole nitrogens is 1. The topological polar surface area (TPSA) is 118 Å². The fourth-order valence-electron chi connectivity index (χ4n) is 6.44. The number of nitrogens with one attached hydrogen (secondary N) is 1. The maximum atomic E-state index is 14.2. The number of rotatable bonds is 7. The highest BCUT2D eigenvalue weighted by Gasteiger charge is 2.33. The number of aryl methyl sites for hydroxylation is 1. The fourth-order valence-corrected chi connectivity index (χ4v) is 6.44. The lowest BCUT2D eigenvalue weighted by Crippen LogP contribution is -2.40. The van der Waals surface area contributed by atoms with Gasteiger partial charge in [-0.25, -0.2) is 4.98 Å². The first-order valence-corrected chi connectivity index (χ1v) is 14.2. The fraction of sp³-hybridized carbons (Fsp3) is 0.452. The molecule has 1 fully saturated rings. The molecular weight excluding hydrogens is 524 g/mol. The van der Waals surface area contributed by atoms with Gasteiger partial charge in [0, 0.05) is 37.8 Å². The lowest BCUT2D eigenvalue weighted by Gasteiger charge is -2.38. The molecule has 0 radical (unpaired) electrons. The minimum Gasteiger partial charge on any atom is -0.493 e. The third kappa shape index (κ3) is 4.74. The van der Waals surface area contributed by atoms with Crippen LogP contribution in [0.3, 0.4) is 0 Å². The molecule has 0 spiro atoms. The van der Waals surface area contributed by atoms with Crippen LogP contribution < -0.4 is 15.0 Å². The zero-order valence-electron chi connectivity index (χ0n) is 23.7. The van der Waals surface area contributed by atoms with Gasteiger partial charge in [0.25, 0.3) is 11.5 Å². The Bertz CT molecular complexity index is 1670. The van der Waals surface area contributed by atoms with Crippen molar-refractivity contribution < 1.29 is 24.1 Å². The molecule has 0 aliphatic carbocycles. The minimum atomic E-state index is -0.237.